The van der Waals surface area contributed by atoms with Crippen LogP contribution in [0, 0.1) is 11.2 Å². The minimum atomic E-state index is -0.198. The molecule has 0 heterocycles. The lowest BCUT2D eigenvalue weighted by Gasteiger charge is -2.13. The summed E-state index contributed by atoms with van der Waals surface area (Å²) in [5, 5.41) is 3.46. The van der Waals surface area contributed by atoms with Crippen LogP contribution in [0.4, 0.5) is 4.39 Å². The summed E-state index contributed by atoms with van der Waals surface area (Å²) < 4.78 is 13.6. The van der Waals surface area contributed by atoms with Crippen LogP contribution in [-0.4, -0.2) is 6.54 Å². The number of rotatable bonds is 5. The Bertz CT molecular complexity index is 374. The van der Waals surface area contributed by atoms with E-state index in [1.807, 2.05) is 12.1 Å². The quantitative estimate of drug-likeness (QED) is 0.866. The zero-order chi connectivity index (χ0) is 11.6. The summed E-state index contributed by atoms with van der Waals surface area (Å²) in [6.45, 7) is 4.16. The second-order valence-electron chi connectivity index (χ2n) is 4.71. The Balaban J connectivity index is 1.83. The van der Waals surface area contributed by atoms with Crippen molar-refractivity contribution in [3.63, 3.8) is 0 Å². The van der Waals surface area contributed by atoms with Gasteiger partial charge in [0.05, 0.1) is 4.47 Å². The van der Waals surface area contributed by atoms with Gasteiger partial charge >= 0.3 is 0 Å². The molecule has 0 aliphatic heterocycles. The van der Waals surface area contributed by atoms with Gasteiger partial charge in [0.15, 0.2) is 0 Å². The molecule has 3 heteroatoms. The molecule has 16 heavy (non-hydrogen) atoms. The molecule has 0 radical (unpaired) electrons. The Labute approximate surface area is 105 Å². The maximum atomic E-state index is 13.0. The van der Waals surface area contributed by atoms with Gasteiger partial charge in [0, 0.05) is 13.1 Å². The lowest BCUT2D eigenvalue weighted by atomic mass is 10.0. The topological polar surface area (TPSA) is 12.0 Å². The fourth-order valence-electron chi connectivity index (χ4n) is 1.95. The minimum Gasteiger partial charge on any atom is -0.312 e. The van der Waals surface area contributed by atoms with Crippen molar-refractivity contribution in [3.05, 3.63) is 34.1 Å². The van der Waals surface area contributed by atoms with Crippen LogP contribution >= 0.6 is 15.9 Å². The van der Waals surface area contributed by atoms with Crippen molar-refractivity contribution in [2.45, 2.75) is 32.7 Å². The molecule has 1 fully saturated rings. The van der Waals surface area contributed by atoms with Crippen molar-refractivity contribution in [1.82, 2.24) is 5.32 Å². The van der Waals surface area contributed by atoms with Crippen LogP contribution in [0.1, 0.15) is 31.7 Å². The number of benzene rings is 1. The molecule has 0 atom stereocenters. The monoisotopic (exact) mass is 285 g/mol. The van der Waals surface area contributed by atoms with Crippen molar-refractivity contribution >= 4 is 15.9 Å². The van der Waals surface area contributed by atoms with Crippen LogP contribution in [0.3, 0.4) is 0 Å². The summed E-state index contributed by atoms with van der Waals surface area (Å²) in [6.07, 6.45) is 3.96. The number of halogens is 2. The van der Waals surface area contributed by atoms with Gasteiger partial charge in [-0.25, -0.2) is 4.39 Å². The van der Waals surface area contributed by atoms with Crippen LogP contribution in [0.2, 0.25) is 0 Å². The molecular formula is C13H17BrFN. The van der Waals surface area contributed by atoms with Crippen LogP contribution < -0.4 is 5.32 Å². The summed E-state index contributed by atoms with van der Waals surface area (Å²) in [4.78, 5) is 0. The number of nitrogens with one attached hydrogen (secondary N) is 1. The summed E-state index contributed by atoms with van der Waals surface area (Å²) in [6, 6.07) is 5.18. The van der Waals surface area contributed by atoms with Gasteiger partial charge in [-0.15, -0.1) is 0 Å². The van der Waals surface area contributed by atoms with Gasteiger partial charge in [-0.1, -0.05) is 13.0 Å². The van der Waals surface area contributed by atoms with E-state index in [-0.39, 0.29) is 5.82 Å². The van der Waals surface area contributed by atoms with Crippen molar-refractivity contribution in [1.29, 1.82) is 0 Å². The first-order chi connectivity index (χ1) is 7.65. The molecule has 1 N–H and O–H groups in total. The second-order valence-corrected chi connectivity index (χ2v) is 5.56. The first-order valence-corrected chi connectivity index (χ1v) is 6.59. The van der Waals surface area contributed by atoms with Gasteiger partial charge in [0.25, 0.3) is 0 Å². The third kappa shape index (κ3) is 2.83. The van der Waals surface area contributed by atoms with Gasteiger partial charge in [-0.3, -0.25) is 0 Å². The highest BCUT2D eigenvalue weighted by atomic mass is 79.9. The van der Waals surface area contributed by atoms with E-state index in [2.05, 4.69) is 28.2 Å². The van der Waals surface area contributed by atoms with Crippen LogP contribution in [0.25, 0.3) is 0 Å². The number of hydrogen-bond acceptors (Lipinski definition) is 1. The summed E-state index contributed by atoms with van der Waals surface area (Å²) in [7, 11) is 0. The lowest BCUT2D eigenvalue weighted by Crippen LogP contribution is -2.23. The van der Waals surface area contributed by atoms with E-state index in [0.29, 0.717) is 9.89 Å². The Hall–Kier alpha value is -0.410. The molecular weight excluding hydrogens is 269 g/mol. The van der Waals surface area contributed by atoms with Crippen molar-refractivity contribution in [2.75, 3.05) is 6.54 Å². The molecule has 0 saturated heterocycles. The van der Waals surface area contributed by atoms with Crippen LogP contribution in [-0.2, 0) is 6.54 Å². The average Bonchev–Trinajstić information content (AvgIpc) is 3.04. The van der Waals surface area contributed by atoms with Crippen LogP contribution in [0.15, 0.2) is 22.7 Å². The SMILES string of the molecule is CCC1(CNCc2ccc(F)c(Br)c2)CC1. The first-order valence-electron chi connectivity index (χ1n) is 5.80. The summed E-state index contributed by atoms with van der Waals surface area (Å²) in [5.74, 6) is -0.198. The zero-order valence-electron chi connectivity index (χ0n) is 9.52. The van der Waals surface area contributed by atoms with E-state index in [1.165, 1.54) is 25.3 Å². The zero-order valence-corrected chi connectivity index (χ0v) is 11.1. The molecule has 0 unspecified atom stereocenters. The number of hydrogen-bond donors (Lipinski definition) is 1. The second kappa shape index (κ2) is 4.84. The summed E-state index contributed by atoms with van der Waals surface area (Å²) in [5.41, 5.74) is 1.69. The third-order valence-corrected chi connectivity index (χ3v) is 4.13. The molecule has 88 valence electrons. The van der Waals surface area contributed by atoms with Gasteiger partial charge in [-0.2, -0.15) is 0 Å². The summed E-state index contributed by atoms with van der Waals surface area (Å²) >= 11 is 3.20. The molecule has 0 bridgehead atoms. The van der Waals surface area contributed by atoms with Gasteiger partial charge in [-0.05, 0) is 58.3 Å². The molecule has 0 spiro atoms. The molecule has 1 aliphatic carbocycles. The first kappa shape index (κ1) is 12.1. The van der Waals surface area contributed by atoms with E-state index in [9.17, 15) is 4.39 Å². The average molecular weight is 286 g/mol. The van der Waals surface area contributed by atoms with Crippen LogP contribution in [0.5, 0.6) is 0 Å². The van der Waals surface area contributed by atoms with E-state index < -0.39 is 0 Å². The largest absolute Gasteiger partial charge is 0.312 e. The predicted octanol–water partition coefficient (Wildman–Crippen LogP) is 3.87. The third-order valence-electron chi connectivity index (χ3n) is 3.52. The molecule has 0 aromatic heterocycles. The Morgan fingerprint density at radius 2 is 2.19 bits per heavy atom. The van der Waals surface area contributed by atoms with Gasteiger partial charge in [0.2, 0.25) is 0 Å². The molecule has 1 aromatic carbocycles. The molecule has 0 amide bonds. The van der Waals surface area contributed by atoms with E-state index in [4.69, 9.17) is 0 Å². The van der Waals surface area contributed by atoms with Gasteiger partial charge < -0.3 is 5.32 Å². The Morgan fingerprint density at radius 1 is 1.44 bits per heavy atom. The predicted molar refractivity (Wildman–Crippen MR) is 67.8 cm³/mol. The molecule has 1 saturated carbocycles. The minimum absolute atomic E-state index is 0.198. The Morgan fingerprint density at radius 3 is 2.75 bits per heavy atom. The van der Waals surface area contributed by atoms with Crippen molar-refractivity contribution < 1.29 is 4.39 Å². The normalized spacial score (nSPS) is 17.4. The van der Waals surface area contributed by atoms with Gasteiger partial charge in [0.1, 0.15) is 5.82 Å². The highest BCUT2D eigenvalue weighted by Gasteiger charge is 2.39. The van der Waals surface area contributed by atoms with Crippen molar-refractivity contribution in [3.8, 4) is 0 Å². The molecule has 1 aliphatic rings. The highest BCUT2D eigenvalue weighted by Crippen LogP contribution is 2.47. The molecule has 1 nitrogen and oxygen atoms in total. The lowest BCUT2D eigenvalue weighted by molar-refractivity contribution is 0.443. The molecule has 1 aromatic rings. The maximum absolute atomic E-state index is 13.0. The fraction of sp³-hybridized carbons (Fsp3) is 0.538. The molecule has 2 rings (SSSR count). The van der Waals surface area contributed by atoms with E-state index in [1.54, 1.807) is 0 Å². The standard InChI is InChI=1S/C13H17BrFN/c1-2-13(5-6-13)9-16-8-10-3-4-12(15)11(14)7-10/h3-4,7,16H,2,5-6,8-9H2,1H3. The van der Waals surface area contributed by atoms with E-state index in [0.717, 1.165) is 18.7 Å². The maximum Gasteiger partial charge on any atom is 0.137 e. The van der Waals surface area contributed by atoms with E-state index >= 15 is 0 Å². The fourth-order valence-corrected chi connectivity index (χ4v) is 2.38. The smallest absolute Gasteiger partial charge is 0.137 e. The Kier molecular flexibility index (Phi) is 3.65. The van der Waals surface area contributed by atoms with Crippen molar-refractivity contribution in [2.24, 2.45) is 5.41 Å². The highest BCUT2D eigenvalue weighted by molar-refractivity contribution is 9.10.